The molecule has 2 aromatic heterocycles. The number of alkyl halides is 2. The van der Waals surface area contributed by atoms with E-state index in [-0.39, 0.29) is 0 Å². The Labute approximate surface area is 269 Å². The van der Waals surface area contributed by atoms with Crippen molar-refractivity contribution in [2.24, 2.45) is 0 Å². The molecule has 2 rings (SSSR count). The van der Waals surface area contributed by atoms with Crippen molar-refractivity contribution in [2.45, 2.75) is 146 Å². The minimum Gasteiger partial charge on any atom is -0.385 e. The predicted octanol–water partition coefficient (Wildman–Crippen LogP) is 11.0. The van der Waals surface area contributed by atoms with Crippen LogP contribution in [0.25, 0.3) is 0 Å². The van der Waals surface area contributed by atoms with Gasteiger partial charge in [-0.1, -0.05) is 97.3 Å². The highest BCUT2D eigenvalue weighted by molar-refractivity contribution is 9.09. The monoisotopic (exact) mass is 694 g/mol. The summed E-state index contributed by atoms with van der Waals surface area (Å²) in [5.41, 5.74) is 2.46. The van der Waals surface area contributed by atoms with E-state index in [9.17, 15) is 0 Å². The highest BCUT2D eigenvalue weighted by atomic mass is 79.9. The number of nitrogens with one attached hydrogen (secondary N) is 2. The standard InChI is InChI=1S/C35H58Br2N4/c1-3-5-7-9-14-18-26-38-32-22-28-40(29-23-32)34(36)20-16-12-11-13-17-21-35(37)41-30-24-33(25-31-41)39-27-19-15-10-8-6-4-2/h22-25,28-31,34-35H,3-21,26-27H2,1-2H3/p+2. The number of unbranched alkanes of at least 4 members (excludes halogenated alkanes) is 14. The largest absolute Gasteiger partial charge is 0.385 e. The van der Waals surface area contributed by atoms with E-state index >= 15 is 0 Å². The van der Waals surface area contributed by atoms with Gasteiger partial charge in [0.25, 0.3) is 0 Å². The molecule has 0 radical (unpaired) electrons. The molecule has 0 aromatic carbocycles. The Bertz CT molecular complexity index is 788. The number of anilines is 2. The first kappa shape index (κ1) is 36.1. The lowest BCUT2D eigenvalue weighted by Crippen LogP contribution is -2.35. The molecule has 4 nitrogen and oxygen atoms in total. The van der Waals surface area contributed by atoms with Crippen LogP contribution in [0.15, 0.2) is 49.1 Å². The Morgan fingerprint density at radius 3 is 1.17 bits per heavy atom. The van der Waals surface area contributed by atoms with Crippen molar-refractivity contribution in [3.05, 3.63) is 49.1 Å². The van der Waals surface area contributed by atoms with Gasteiger partial charge in [-0.15, -0.1) is 0 Å². The summed E-state index contributed by atoms with van der Waals surface area (Å²) in [5, 5.41) is 7.15. The minimum atomic E-state index is 0.377. The van der Waals surface area contributed by atoms with Crippen molar-refractivity contribution in [1.29, 1.82) is 0 Å². The molecular weight excluding hydrogens is 636 g/mol. The number of nitrogens with zero attached hydrogens (tertiary/aromatic N) is 2. The maximum Gasteiger partial charge on any atom is 0.211 e. The summed E-state index contributed by atoms with van der Waals surface area (Å²) in [4.78, 5) is 0.753. The first-order valence-electron chi connectivity index (χ1n) is 16.9. The van der Waals surface area contributed by atoms with E-state index in [4.69, 9.17) is 0 Å². The van der Waals surface area contributed by atoms with Crippen LogP contribution in [0.5, 0.6) is 0 Å². The van der Waals surface area contributed by atoms with Crippen LogP contribution < -0.4 is 19.8 Å². The molecule has 2 aromatic rings. The Kier molecular flexibility index (Phi) is 21.4. The zero-order chi connectivity index (χ0) is 29.4. The molecule has 0 saturated heterocycles. The fourth-order valence-electron chi connectivity index (χ4n) is 5.22. The molecule has 0 aliphatic rings. The van der Waals surface area contributed by atoms with Crippen molar-refractivity contribution in [1.82, 2.24) is 0 Å². The lowest BCUT2D eigenvalue weighted by Gasteiger charge is -2.09. The number of halogens is 2. The molecule has 2 heterocycles. The number of aromatic nitrogens is 2. The first-order valence-corrected chi connectivity index (χ1v) is 18.7. The van der Waals surface area contributed by atoms with Crippen LogP contribution in [-0.4, -0.2) is 13.1 Å². The number of rotatable bonds is 26. The maximum absolute atomic E-state index is 3.90. The van der Waals surface area contributed by atoms with Gasteiger partial charge in [0.2, 0.25) is 9.90 Å². The van der Waals surface area contributed by atoms with Crippen LogP contribution in [0.2, 0.25) is 0 Å². The summed E-state index contributed by atoms with van der Waals surface area (Å²) in [5.74, 6) is 0. The third-order valence-corrected chi connectivity index (χ3v) is 9.82. The van der Waals surface area contributed by atoms with E-state index in [2.05, 4.69) is 115 Å². The molecule has 2 atom stereocenters. The minimum absolute atomic E-state index is 0.377. The van der Waals surface area contributed by atoms with Gasteiger partial charge in [-0.25, -0.2) is 0 Å². The molecule has 0 fully saturated rings. The number of hydrogen-bond donors (Lipinski definition) is 2. The highest BCUT2D eigenvalue weighted by Gasteiger charge is 2.15. The molecule has 0 saturated carbocycles. The van der Waals surface area contributed by atoms with Gasteiger partial charge >= 0.3 is 0 Å². The van der Waals surface area contributed by atoms with Gasteiger partial charge in [-0.2, -0.15) is 9.13 Å². The van der Waals surface area contributed by atoms with Crippen LogP contribution >= 0.6 is 31.9 Å². The molecule has 0 spiro atoms. The van der Waals surface area contributed by atoms with Crippen molar-refractivity contribution >= 4 is 43.2 Å². The van der Waals surface area contributed by atoms with Gasteiger partial charge in [0.15, 0.2) is 24.8 Å². The second-order valence-electron chi connectivity index (χ2n) is 11.7. The van der Waals surface area contributed by atoms with E-state index in [1.807, 2.05) is 0 Å². The highest BCUT2D eigenvalue weighted by Crippen LogP contribution is 2.21. The Morgan fingerprint density at radius 1 is 0.488 bits per heavy atom. The normalized spacial score (nSPS) is 12.8. The average molecular weight is 697 g/mol. The summed E-state index contributed by atoms with van der Waals surface area (Å²) in [6.07, 6.45) is 33.7. The van der Waals surface area contributed by atoms with Crippen LogP contribution in [-0.2, 0) is 0 Å². The van der Waals surface area contributed by atoms with Gasteiger partial charge in [0.1, 0.15) is 0 Å². The fraction of sp³-hybridized carbons (Fsp3) is 0.714. The SMILES string of the molecule is CCCCCCCCNc1cc[n+](C(Br)CCCCCCCC(Br)[n+]2ccc(NCCCCCCCC)cc2)cc1. The smallest absolute Gasteiger partial charge is 0.211 e. The fourth-order valence-corrected chi connectivity index (χ4v) is 6.41. The first-order chi connectivity index (χ1) is 20.1. The van der Waals surface area contributed by atoms with Crippen molar-refractivity contribution in [3.63, 3.8) is 0 Å². The summed E-state index contributed by atoms with van der Waals surface area (Å²) < 4.78 is 4.58. The third kappa shape index (κ3) is 17.5. The second-order valence-corrected chi connectivity index (χ2v) is 13.8. The van der Waals surface area contributed by atoms with Gasteiger partial charge in [-0.05, 0) is 57.5 Å². The molecular formula is C35H60Br2N4+2. The summed E-state index contributed by atoms with van der Waals surface area (Å²) >= 11 is 7.79. The van der Waals surface area contributed by atoms with Crippen LogP contribution in [0, 0.1) is 0 Å². The van der Waals surface area contributed by atoms with E-state index in [0.29, 0.717) is 9.90 Å². The molecule has 232 valence electrons. The van der Waals surface area contributed by atoms with Crippen LogP contribution in [0.1, 0.15) is 146 Å². The maximum atomic E-state index is 3.90. The Hall–Kier alpha value is -1.14. The van der Waals surface area contributed by atoms with E-state index in [1.54, 1.807) is 0 Å². The Balaban J connectivity index is 1.48. The number of hydrogen-bond acceptors (Lipinski definition) is 2. The van der Waals surface area contributed by atoms with Gasteiger partial charge in [-0.3, -0.25) is 0 Å². The molecule has 0 amide bonds. The second kappa shape index (κ2) is 24.3. The molecule has 0 bridgehead atoms. The zero-order valence-electron chi connectivity index (χ0n) is 26.3. The van der Waals surface area contributed by atoms with E-state index < -0.39 is 0 Å². The molecule has 41 heavy (non-hydrogen) atoms. The predicted molar refractivity (Wildman–Crippen MR) is 185 cm³/mol. The molecule has 6 heteroatoms. The van der Waals surface area contributed by atoms with Gasteiger partial charge < -0.3 is 10.6 Å². The van der Waals surface area contributed by atoms with Crippen LogP contribution in [0.3, 0.4) is 0 Å². The Morgan fingerprint density at radius 2 is 0.805 bits per heavy atom. The quantitative estimate of drug-likeness (QED) is 0.0583. The van der Waals surface area contributed by atoms with E-state index in [0.717, 1.165) is 13.1 Å². The third-order valence-electron chi connectivity index (χ3n) is 7.96. The molecule has 0 aliphatic carbocycles. The summed E-state index contributed by atoms with van der Waals surface area (Å²) in [7, 11) is 0. The zero-order valence-corrected chi connectivity index (χ0v) is 29.4. The van der Waals surface area contributed by atoms with Crippen molar-refractivity contribution in [3.8, 4) is 0 Å². The summed E-state index contributed by atoms with van der Waals surface area (Å²) in [6.45, 7) is 6.70. The lowest BCUT2D eigenvalue weighted by molar-refractivity contribution is -0.698. The topological polar surface area (TPSA) is 31.8 Å². The molecule has 2 N–H and O–H groups in total. The molecule has 0 aliphatic heterocycles. The number of pyridine rings is 2. The molecule has 2 unspecified atom stereocenters. The van der Waals surface area contributed by atoms with E-state index in [1.165, 1.54) is 133 Å². The van der Waals surface area contributed by atoms with Crippen molar-refractivity contribution < 1.29 is 9.13 Å². The summed E-state index contributed by atoms with van der Waals surface area (Å²) in [6, 6.07) is 8.84. The van der Waals surface area contributed by atoms with Crippen molar-refractivity contribution in [2.75, 3.05) is 23.7 Å². The average Bonchev–Trinajstić information content (AvgIpc) is 3.00. The van der Waals surface area contributed by atoms with Gasteiger partial charge in [0, 0.05) is 61.6 Å². The van der Waals surface area contributed by atoms with Gasteiger partial charge in [0.05, 0.1) is 0 Å². The van der Waals surface area contributed by atoms with Crippen LogP contribution in [0.4, 0.5) is 11.4 Å². The lowest BCUT2D eigenvalue weighted by atomic mass is 10.1.